The number of likely N-dealkylation sites (tertiary alicyclic amines) is 1. The summed E-state index contributed by atoms with van der Waals surface area (Å²) in [4.78, 5) is 2.51. The topological polar surface area (TPSA) is 3.24 Å². The Hall–Kier alpha value is -0.960. The highest BCUT2D eigenvalue weighted by molar-refractivity contribution is 5.44. The molecule has 22 heavy (non-hydrogen) atoms. The molecule has 1 saturated heterocycles. The van der Waals surface area contributed by atoms with E-state index in [4.69, 9.17) is 0 Å². The van der Waals surface area contributed by atoms with Crippen molar-refractivity contribution in [3.63, 3.8) is 0 Å². The van der Waals surface area contributed by atoms with Crippen LogP contribution in [-0.4, -0.2) is 24.5 Å². The maximum Gasteiger partial charge on any atom is 0.270 e. The lowest BCUT2D eigenvalue weighted by Crippen LogP contribution is -2.59. The van der Waals surface area contributed by atoms with Crippen molar-refractivity contribution in [2.45, 2.75) is 62.8 Å². The van der Waals surface area contributed by atoms with Gasteiger partial charge in [0.1, 0.15) is 0 Å². The number of likely N-dealkylation sites (N-methyl/N-ethyl adjacent to an activating group) is 1. The van der Waals surface area contributed by atoms with Gasteiger partial charge in [-0.3, -0.25) is 0 Å². The van der Waals surface area contributed by atoms with Gasteiger partial charge in [0.15, 0.2) is 0 Å². The fourth-order valence-electron chi connectivity index (χ4n) is 5.47. The molecule has 1 nitrogen and oxygen atoms in total. The van der Waals surface area contributed by atoms with Crippen molar-refractivity contribution in [3.05, 3.63) is 34.9 Å². The maximum atomic E-state index is 13.8. The average molecular weight is 305 g/mol. The molecule has 1 saturated carbocycles. The second-order valence-corrected chi connectivity index (χ2v) is 7.77. The largest absolute Gasteiger partial charge is 0.303 e. The van der Waals surface area contributed by atoms with Crippen molar-refractivity contribution in [1.82, 2.24) is 4.90 Å². The molecule has 2 aliphatic carbocycles. The van der Waals surface area contributed by atoms with E-state index in [0.717, 1.165) is 26.3 Å². The van der Waals surface area contributed by atoms with Gasteiger partial charge in [-0.25, -0.2) is 8.78 Å². The Morgan fingerprint density at radius 1 is 1.23 bits per heavy atom. The maximum absolute atomic E-state index is 13.8. The lowest BCUT2D eigenvalue weighted by molar-refractivity contribution is 0.000612. The van der Waals surface area contributed by atoms with Crippen LogP contribution in [0.1, 0.15) is 55.7 Å². The zero-order chi connectivity index (χ0) is 15.5. The van der Waals surface area contributed by atoms with Crippen LogP contribution in [0.15, 0.2) is 18.2 Å². The smallest absolute Gasteiger partial charge is 0.270 e. The normalized spacial score (nSPS) is 34.9. The van der Waals surface area contributed by atoms with Gasteiger partial charge >= 0.3 is 0 Å². The lowest BCUT2D eigenvalue weighted by Gasteiger charge is -2.58. The van der Waals surface area contributed by atoms with Crippen LogP contribution < -0.4 is 0 Å². The van der Waals surface area contributed by atoms with Crippen LogP contribution in [0, 0.1) is 5.92 Å². The molecular weight excluding hydrogens is 280 g/mol. The molecule has 1 aromatic rings. The summed E-state index contributed by atoms with van der Waals surface area (Å²) in [6.07, 6.45) is 7.17. The summed E-state index contributed by atoms with van der Waals surface area (Å²) in [5, 5.41) is 0. The Bertz CT molecular complexity index is 592. The molecule has 2 fully saturated rings. The van der Waals surface area contributed by atoms with Crippen molar-refractivity contribution in [2.24, 2.45) is 5.92 Å². The summed E-state index contributed by atoms with van der Waals surface area (Å²) in [7, 11) is 2.24. The fourth-order valence-corrected chi connectivity index (χ4v) is 5.47. The van der Waals surface area contributed by atoms with E-state index in [2.05, 4.69) is 11.9 Å². The lowest BCUT2D eigenvalue weighted by atomic mass is 9.52. The highest BCUT2D eigenvalue weighted by Gasteiger charge is 2.53. The van der Waals surface area contributed by atoms with Crippen LogP contribution >= 0.6 is 0 Å². The van der Waals surface area contributed by atoms with Crippen LogP contribution in [0.5, 0.6) is 0 Å². The van der Waals surface area contributed by atoms with Crippen molar-refractivity contribution in [2.75, 3.05) is 13.6 Å². The van der Waals surface area contributed by atoms with Gasteiger partial charge in [-0.2, -0.15) is 0 Å². The average Bonchev–Trinajstić information content (AvgIpc) is 2.49. The second-order valence-electron chi connectivity index (χ2n) is 7.77. The summed E-state index contributed by atoms with van der Waals surface area (Å²) >= 11 is 0. The summed E-state index contributed by atoms with van der Waals surface area (Å²) < 4.78 is 27.6. The number of fused-ring (bicyclic) bond motifs is 1. The zero-order valence-corrected chi connectivity index (χ0v) is 13.5. The molecule has 1 aliphatic heterocycles. The molecule has 0 radical (unpaired) electrons. The molecule has 3 atom stereocenters. The number of piperidine rings is 1. The Morgan fingerprint density at radius 2 is 2.05 bits per heavy atom. The van der Waals surface area contributed by atoms with E-state index >= 15 is 0 Å². The highest BCUT2D eigenvalue weighted by atomic mass is 19.3. The molecular formula is C19H25F2N. The van der Waals surface area contributed by atoms with Crippen molar-refractivity contribution in [1.29, 1.82) is 0 Å². The number of benzene rings is 1. The Balaban J connectivity index is 1.87. The molecule has 4 rings (SSSR count). The first-order chi connectivity index (χ1) is 10.4. The van der Waals surface area contributed by atoms with E-state index in [1.807, 2.05) is 12.1 Å². The molecule has 0 aromatic heterocycles. The third-order valence-electron chi connectivity index (χ3n) is 6.62. The summed E-state index contributed by atoms with van der Waals surface area (Å²) in [5.41, 5.74) is 2.95. The van der Waals surface area contributed by atoms with E-state index in [1.165, 1.54) is 36.8 Å². The first kappa shape index (κ1) is 14.6. The number of halogens is 2. The van der Waals surface area contributed by atoms with Gasteiger partial charge in [-0.05, 0) is 62.4 Å². The molecule has 3 aliphatic rings. The number of hydrogen-bond acceptors (Lipinski definition) is 1. The van der Waals surface area contributed by atoms with Gasteiger partial charge in [-0.1, -0.05) is 25.0 Å². The molecule has 1 heterocycles. The standard InChI is InChI=1S/C19H25F2N/c1-18(20,21)14-7-6-13-11-17-15-5-3-4-8-19(15,16(13)12-14)9-10-22(17)2/h6-7,12,15,17H,3-5,8-11H2,1-2H3/t15-,17+,19+/m1/s1. The molecule has 2 bridgehead atoms. The van der Waals surface area contributed by atoms with Gasteiger partial charge in [0.05, 0.1) is 0 Å². The van der Waals surface area contributed by atoms with Crippen molar-refractivity contribution in [3.8, 4) is 0 Å². The molecule has 0 spiro atoms. The first-order valence-electron chi connectivity index (χ1n) is 8.64. The number of rotatable bonds is 1. The van der Waals surface area contributed by atoms with Crippen LogP contribution in [0.25, 0.3) is 0 Å². The minimum atomic E-state index is -2.74. The molecule has 0 unspecified atom stereocenters. The van der Waals surface area contributed by atoms with Crippen LogP contribution in [0.4, 0.5) is 8.78 Å². The quantitative estimate of drug-likeness (QED) is 0.739. The minimum absolute atomic E-state index is 0.171. The fraction of sp³-hybridized carbons (Fsp3) is 0.684. The first-order valence-corrected chi connectivity index (χ1v) is 8.64. The Kier molecular flexibility index (Phi) is 3.17. The van der Waals surface area contributed by atoms with Crippen molar-refractivity contribution >= 4 is 0 Å². The Morgan fingerprint density at radius 3 is 2.82 bits per heavy atom. The molecule has 3 heteroatoms. The Labute approximate surface area is 131 Å². The van der Waals surface area contributed by atoms with Crippen LogP contribution in [-0.2, 0) is 17.8 Å². The highest BCUT2D eigenvalue weighted by Crippen LogP contribution is 2.55. The monoisotopic (exact) mass is 305 g/mol. The van der Waals surface area contributed by atoms with Gasteiger partial charge in [-0.15, -0.1) is 0 Å². The second kappa shape index (κ2) is 4.77. The van der Waals surface area contributed by atoms with Gasteiger partial charge in [0.25, 0.3) is 5.92 Å². The van der Waals surface area contributed by atoms with Crippen LogP contribution in [0.2, 0.25) is 0 Å². The third-order valence-corrected chi connectivity index (χ3v) is 6.62. The van der Waals surface area contributed by atoms with Gasteiger partial charge < -0.3 is 4.90 Å². The molecule has 1 aromatic carbocycles. The van der Waals surface area contributed by atoms with E-state index in [-0.39, 0.29) is 11.0 Å². The van der Waals surface area contributed by atoms with Crippen molar-refractivity contribution < 1.29 is 8.78 Å². The SMILES string of the molecule is CN1CC[C@@]23CCCC[C@@H]2[C@@H]1Cc1ccc(C(C)(F)F)cc13. The van der Waals surface area contributed by atoms with Gasteiger partial charge in [0, 0.05) is 23.9 Å². The van der Waals surface area contributed by atoms with Gasteiger partial charge in [0.2, 0.25) is 0 Å². The molecule has 0 N–H and O–H groups in total. The predicted molar refractivity (Wildman–Crippen MR) is 84.4 cm³/mol. The molecule has 0 amide bonds. The summed E-state index contributed by atoms with van der Waals surface area (Å²) in [5.74, 6) is -2.08. The van der Waals surface area contributed by atoms with E-state index in [0.29, 0.717) is 12.0 Å². The van der Waals surface area contributed by atoms with E-state index in [1.54, 1.807) is 6.07 Å². The summed E-state index contributed by atoms with van der Waals surface area (Å²) in [6.45, 7) is 2.12. The number of nitrogens with zero attached hydrogens (tertiary/aromatic N) is 1. The van der Waals surface area contributed by atoms with E-state index in [9.17, 15) is 8.78 Å². The third kappa shape index (κ3) is 1.97. The zero-order valence-electron chi connectivity index (χ0n) is 13.5. The molecule has 120 valence electrons. The summed E-state index contributed by atoms with van der Waals surface area (Å²) in [6, 6.07) is 6.10. The number of hydrogen-bond donors (Lipinski definition) is 0. The predicted octanol–water partition coefficient (Wildman–Crippen LogP) is 4.49. The number of alkyl halides is 2. The minimum Gasteiger partial charge on any atom is -0.303 e. The van der Waals surface area contributed by atoms with E-state index < -0.39 is 5.92 Å². The van der Waals surface area contributed by atoms with Crippen LogP contribution in [0.3, 0.4) is 0 Å².